The Morgan fingerprint density at radius 2 is 2.36 bits per heavy atom. The quantitative estimate of drug-likeness (QED) is 0.775. The SMILES string of the molecule is COc1ncccc1-c1cc(N)on1. The molecule has 0 unspecified atom stereocenters. The van der Waals surface area contributed by atoms with E-state index in [1.54, 1.807) is 25.4 Å². The van der Waals surface area contributed by atoms with E-state index in [-0.39, 0.29) is 5.88 Å². The standard InChI is InChI=1S/C9H9N3O2/c1-13-9-6(3-2-4-11-9)7-5-8(10)14-12-7/h2-5H,10H2,1H3. The summed E-state index contributed by atoms with van der Waals surface area (Å²) in [5, 5.41) is 3.77. The highest BCUT2D eigenvalue weighted by Crippen LogP contribution is 2.27. The van der Waals surface area contributed by atoms with Gasteiger partial charge in [0.05, 0.1) is 12.7 Å². The molecular weight excluding hydrogens is 182 g/mol. The van der Waals surface area contributed by atoms with Gasteiger partial charge < -0.3 is 15.0 Å². The first-order chi connectivity index (χ1) is 6.81. The van der Waals surface area contributed by atoms with Gasteiger partial charge in [-0.25, -0.2) is 4.98 Å². The smallest absolute Gasteiger partial charge is 0.222 e. The van der Waals surface area contributed by atoms with E-state index in [9.17, 15) is 0 Å². The first-order valence-corrected chi connectivity index (χ1v) is 4.03. The molecule has 0 fully saturated rings. The van der Waals surface area contributed by atoms with Crippen molar-refractivity contribution >= 4 is 5.88 Å². The summed E-state index contributed by atoms with van der Waals surface area (Å²) < 4.78 is 9.84. The summed E-state index contributed by atoms with van der Waals surface area (Å²) in [5.74, 6) is 0.770. The number of hydrogen-bond donors (Lipinski definition) is 1. The topological polar surface area (TPSA) is 74.2 Å². The zero-order valence-corrected chi connectivity index (χ0v) is 7.60. The number of nitrogens with zero attached hydrogens (tertiary/aromatic N) is 2. The molecule has 5 nitrogen and oxygen atoms in total. The Morgan fingerprint density at radius 3 is 3.00 bits per heavy atom. The van der Waals surface area contributed by atoms with Crippen molar-refractivity contribution < 1.29 is 9.26 Å². The fourth-order valence-corrected chi connectivity index (χ4v) is 1.16. The van der Waals surface area contributed by atoms with Crippen molar-refractivity contribution in [1.29, 1.82) is 0 Å². The molecule has 2 aromatic rings. The summed E-state index contributed by atoms with van der Waals surface area (Å²) in [5.41, 5.74) is 6.79. The van der Waals surface area contributed by atoms with E-state index in [1.165, 1.54) is 0 Å². The van der Waals surface area contributed by atoms with E-state index in [2.05, 4.69) is 10.1 Å². The van der Waals surface area contributed by atoms with Gasteiger partial charge in [0.2, 0.25) is 11.8 Å². The Morgan fingerprint density at radius 1 is 1.50 bits per heavy atom. The fourth-order valence-electron chi connectivity index (χ4n) is 1.16. The van der Waals surface area contributed by atoms with Crippen LogP contribution in [0.5, 0.6) is 5.88 Å². The highest BCUT2D eigenvalue weighted by molar-refractivity contribution is 5.66. The Kier molecular flexibility index (Phi) is 2.06. The van der Waals surface area contributed by atoms with Crippen molar-refractivity contribution in [2.24, 2.45) is 0 Å². The van der Waals surface area contributed by atoms with Crippen molar-refractivity contribution in [3.63, 3.8) is 0 Å². The zero-order valence-electron chi connectivity index (χ0n) is 7.60. The molecule has 0 bridgehead atoms. The van der Waals surface area contributed by atoms with Crippen molar-refractivity contribution in [1.82, 2.24) is 10.1 Å². The van der Waals surface area contributed by atoms with Crippen LogP contribution in [0.1, 0.15) is 0 Å². The Balaban J connectivity index is 2.50. The maximum Gasteiger partial charge on any atom is 0.222 e. The molecule has 2 aromatic heterocycles. The second-order valence-corrected chi connectivity index (χ2v) is 2.67. The molecule has 0 aliphatic rings. The van der Waals surface area contributed by atoms with Crippen LogP contribution in [0.2, 0.25) is 0 Å². The van der Waals surface area contributed by atoms with E-state index in [0.29, 0.717) is 11.6 Å². The van der Waals surface area contributed by atoms with Crippen LogP contribution in [0, 0.1) is 0 Å². The zero-order chi connectivity index (χ0) is 9.97. The monoisotopic (exact) mass is 191 g/mol. The molecule has 0 aliphatic carbocycles. The molecule has 0 radical (unpaired) electrons. The van der Waals surface area contributed by atoms with Crippen LogP contribution >= 0.6 is 0 Å². The number of anilines is 1. The highest BCUT2D eigenvalue weighted by Gasteiger charge is 2.10. The lowest BCUT2D eigenvalue weighted by atomic mass is 10.2. The summed E-state index contributed by atoms with van der Waals surface area (Å²) in [6.45, 7) is 0. The summed E-state index contributed by atoms with van der Waals surface area (Å²) in [7, 11) is 1.55. The van der Waals surface area contributed by atoms with Gasteiger partial charge in [0, 0.05) is 12.3 Å². The lowest BCUT2D eigenvalue weighted by Crippen LogP contribution is -1.90. The van der Waals surface area contributed by atoms with Gasteiger partial charge in [0.25, 0.3) is 0 Å². The fraction of sp³-hybridized carbons (Fsp3) is 0.111. The van der Waals surface area contributed by atoms with E-state index in [0.717, 1.165) is 5.56 Å². The number of aromatic nitrogens is 2. The van der Waals surface area contributed by atoms with Crippen LogP contribution in [0.25, 0.3) is 11.3 Å². The van der Waals surface area contributed by atoms with E-state index < -0.39 is 0 Å². The second-order valence-electron chi connectivity index (χ2n) is 2.67. The molecule has 14 heavy (non-hydrogen) atoms. The number of nitrogens with two attached hydrogens (primary N) is 1. The van der Waals surface area contributed by atoms with Crippen molar-refractivity contribution in [2.75, 3.05) is 12.8 Å². The third kappa shape index (κ3) is 1.39. The number of nitrogen functional groups attached to an aromatic ring is 1. The normalized spacial score (nSPS) is 10.1. The molecule has 0 saturated heterocycles. The van der Waals surface area contributed by atoms with Crippen LogP contribution in [-0.2, 0) is 0 Å². The molecule has 0 saturated carbocycles. The Labute approximate surface area is 80.5 Å². The molecule has 0 amide bonds. The first kappa shape index (κ1) is 8.55. The van der Waals surface area contributed by atoms with Gasteiger partial charge >= 0.3 is 0 Å². The predicted molar refractivity (Wildman–Crippen MR) is 50.7 cm³/mol. The van der Waals surface area contributed by atoms with Crippen molar-refractivity contribution in [2.45, 2.75) is 0 Å². The van der Waals surface area contributed by atoms with Crippen molar-refractivity contribution in [3.05, 3.63) is 24.4 Å². The number of pyridine rings is 1. The minimum Gasteiger partial charge on any atom is -0.481 e. The molecule has 0 aromatic carbocycles. The molecule has 2 heterocycles. The van der Waals surface area contributed by atoms with Gasteiger partial charge in [-0.05, 0) is 12.1 Å². The number of ether oxygens (including phenoxy) is 1. The van der Waals surface area contributed by atoms with Gasteiger partial charge in [-0.3, -0.25) is 0 Å². The minimum atomic E-state index is 0.269. The number of hydrogen-bond acceptors (Lipinski definition) is 5. The van der Waals surface area contributed by atoms with Gasteiger partial charge in [0.15, 0.2) is 0 Å². The summed E-state index contributed by atoms with van der Waals surface area (Å²) in [4.78, 5) is 4.04. The third-order valence-electron chi connectivity index (χ3n) is 1.77. The molecule has 0 aliphatic heterocycles. The van der Waals surface area contributed by atoms with Crippen LogP contribution in [0.4, 0.5) is 5.88 Å². The largest absolute Gasteiger partial charge is 0.481 e. The maximum atomic E-state index is 5.42. The predicted octanol–water partition coefficient (Wildman–Crippen LogP) is 1.33. The average molecular weight is 191 g/mol. The van der Waals surface area contributed by atoms with Crippen LogP contribution in [0.15, 0.2) is 28.9 Å². The van der Waals surface area contributed by atoms with Crippen molar-refractivity contribution in [3.8, 4) is 17.1 Å². The molecule has 0 spiro atoms. The summed E-state index contributed by atoms with van der Waals surface area (Å²) in [6, 6.07) is 5.26. The molecule has 2 N–H and O–H groups in total. The highest BCUT2D eigenvalue weighted by atomic mass is 16.5. The average Bonchev–Trinajstić information content (AvgIpc) is 2.65. The van der Waals surface area contributed by atoms with Gasteiger partial charge in [0.1, 0.15) is 5.69 Å². The number of rotatable bonds is 2. The maximum absolute atomic E-state index is 5.42. The first-order valence-electron chi connectivity index (χ1n) is 4.03. The van der Waals surface area contributed by atoms with Gasteiger partial charge in [-0.1, -0.05) is 5.16 Å². The summed E-state index contributed by atoms with van der Waals surface area (Å²) in [6.07, 6.45) is 1.64. The lowest BCUT2D eigenvalue weighted by Gasteiger charge is -2.02. The lowest BCUT2D eigenvalue weighted by molar-refractivity contribution is 0.398. The van der Waals surface area contributed by atoms with E-state index in [4.69, 9.17) is 15.0 Å². The van der Waals surface area contributed by atoms with Crippen LogP contribution in [0.3, 0.4) is 0 Å². The Hall–Kier alpha value is -2.04. The van der Waals surface area contributed by atoms with Gasteiger partial charge in [-0.2, -0.15) is 0 Å². The second kappa shape index (κ2) is 3.37. The summed E-state index contributed by atoms with van der Waals surface area (Å²) >= 11 is 0. The molecule has 2 rings (SSSR count). The van der Waals surface area contributed by atoms with Crippen LogP contribution in [-0.4, -0.2) is 17.3 Å². The van der Waals surface area contributed by atoms with Gasteiger partial charge in [-0.15, -0.1) is 0 Å². The molecular formula is C9H9N3O2. The minimum absolute atomic E-state index is 0.269. The van der Waals surface area contributed by atoms with Crippen LogP contribution < -0.4 is 10.5 Å². The third-order valence-corrected chi connectivity index (χ3v) is 1.77. The van der Waals surface area contributed by atoms with E-state index in [1.807, 2.05) is 6.07 Å². The Bertz CT molecular complexity index is 439. The molecule has 0 atom stereocenters. The molecule has 72 valence electrons. The molecule has 5 heteroatoms. The number of methoxy groups -OCH3 is 1. The van der Waals surface area contributed by atoms with E-state index >= 15 is 0 Å².